The van der Waals surface area contributed by atoms with Gasteiger partial charge in [-0.15, -0.1) is 12.4 Å². The third-order valence-corrected chi connectivity index (χ3v) is 2.64. The van der Waals surface area contributed by atoms with Crippen LogP contribution >= 0.6 is 12.4 Å². The Kier molecular flexibility index (Phi) is 3.92. The van der Waals surface area contributed by atoms with E-state index < -0.39 is 0 Å². The second-order valence-electron chi connectivity index (χ2n) is 3.80. The van der Waals surface area contributed by atoms with Crippen LogP contribution in [0.3, 0.4) is 0 Å². The minimum Gasteiger partial charge on any atom is -0.326 e. The monoisotopic (exact) mass is 216 g/mol. The molecule has 0 radical (unpaired) electrons. The summed E-state index contributed by atoms with van der Waals surface area (Å²) in [6.07, 6.45) is 3.02. The van der Waals surface area contributed by atoms with Crippen molar-refractivity contribution >= 4 is 12.4 Å². The van der Waals surface area contributed by atoms with E-state index >= 15 is 0 Å². The van der Waals surface area contributed by atoms with Crippen LogP contribution in [0.4, 0.5) is 0 Å². The van der Waals surface area contributed by atoms with Gasteiger partial charge in [0.05, 0.1) is 6.20 Å². The maximum absolute atomic E-state index is 5.83. The van der Waals surface area contributed by atoms with E-state index in [1.807, 2.05) is 6.20 Å². The molecular weight excluding hydrogens is 200 g/mol. The molecule has 0 aromatic carbocycles. The van der Waals surface area contributed by atoms with Gasteiger partial charge >= 0.3 is 0 Å². The van der Waals surface area contributed by atoms with E-state index in [9.17, 15) is 0 Å². The summed E-state index contributed by atoms with van der Waals surface area (Å²) >= 11 is 0. The lowest BCUT2D eigenvalue weighted by molar-refractivity contribution is 0.326. The van der Waals surface area contributed by atoms with Crippen molar-refractivity contribution < 1.29 is 0 Å². The third kappa shape index (κ3) is 2.47. The number of likely N-dealkylation sites (tertiary alicyclic amines) is 1. The predicted molar refractivity (Wildman–Crippen MR) is 58.4 cm³/mol. The first kappa shape index (κ1) is 11.5. The van der Waals surface area contributed by atoms with Crippen molar-refractivity contribution in [2.75, 3.05) is 13.1 Å². The van der Waals surface area contributed by atoms with Gasteiger partial charge in [-0.05, 0) is 13.3 Å². The van der Waals surface area contributed by atoms with E-state index in [1.54, 1.807) is 0 Å². The third-order valence-electron chi connectivity index (χ3n) is 2.64. The van der Waals surface area contributed by atoms with Crippen molar-refractivity contribution in [1.29, 1.82) is 0 Å². The van der Waals surface area contributed by atoms with Crippen LogP contribution in [-0.4, -0.2) is 34.2 Å². The fraction of sp³-hybridized carbons (Fsp3) is 0.667. The van der Waals surface area contributed by atoms with Gasteiger partial charge in [0, 0.05) is 36.9 Å². The summed E-state index contributed by atoms with van der Waals surface area (Å²) in [5, 5.41) is 6.95. The molecule has 4 nitrogen and oxygen atoms in total. The second kappa shape index (κ2) is 4.77. The standard InChI is InChI=1S/C9H16N4.ClH/c1-7-8(4-11-12-7)5-13-3-2-9(10)6-13;/h4,9H,2-3,5-6,10H2,1H3,(H,11,12);1H/t9-;/m0./s1. The van der Waals surface area contributed by atoms with Gasteiger partial charge < -0.3 is 5.73 Å². The summed E-state index contributed by atoms with van der Waals surface area (Å²) in [5.74, 6) is 0. The molecule has 1 atom stereocenters. The number of aromatic nitrogens is 2. The first-order valence-corrected chi connectivity index (χ1v) is 4.72. The van der Waals surface area contributed by atoms with E-state index in [2.05, 4.69) is 22.0 Å². The Morgan fingerprint density at radius 3 is 3.00 bits per heavy atom. The van der Waals surface area contributed by atoms with Crippen molar-refractivity contribution in [2.45, 2.75) is 25.9 Å². The number of nitrogens with one attached hydrogen (secondary N) is 1. The highest BCUT2D eigenvalue weighted by Gasteiger charge is 2.19. The fourth-order valence-electron chi connectivity index (χ4n) is 1.78. The van der Waals surface area contributed by atoms with Gasteiger partial charge in [0.1, 0.15) is 0 Å². The lowest BCUT2D eigenvalue weighted by atomic mass is 10.2. The highest BCUT2D eigenvalue weighted by molar-refractivity contribution is 5.85. The van der Waals surface area contributed by atoms with Crippen LogP contribution < -0.4 is 5.73 Å². The molecular formula is C9H17ClN4. The summed E-state index contributed by atoms with van der Waals surface area (Å²) in [5.41, 5.74) is 8.28. The largest absolute Gasteiger partial charge is 0.326 e. The van der Waals surface area contributed by atoms with Crippen LogP contribution in [0.2, 0.25) is 0 Å². The smallest absolute Gasteiger partial charge is 0.0535 e. The molecule has 1 aromatic rings. The molecule has 0 amide bonds. The Hall–Kier alpha value is -0.580. The fourth-order valence-corrected chi connectivity index (χ4v) is 1.78. The van der Waals surface area contributed by atoms with Gasteiger partial charge in [-0.3, -0.25) is 10.00 Å². The van der Waals surface area contributed by atoms with Crippen molar-refractivity contribution in [2.24, 2.45) is 5.73 Å². The summed E-state index contributed by atoms with van der Waals surface area (Å²) in [6, 6.07) is 0.368. The number of hydrogen-bond acceptors (Lipinski definition) is 3. The van der Waals surface area contributed by atoms with E-state index in [0.29, 0.717) is 6.04 Å². The summed E-state index contributed by atoms with van der Waals surface area (Å²) in [7, 11) is 0. The van der Waals surface area contributed by atoms with E-state index in [4.69, 9.17) is 5.73 Å². The normalized spacial score (nSPS) is 22.3. The molecule has 1 saturated heterocycles. The minimum absolute atomic E-state index is 0. The van der Waals surface area contributed by atoms with E-state index in [0.717, 1.165) is 26.1 Å². The number of H-pyrrole nitrogens is 1. The van der Waals surface area contributed by atoms with Gasteiger partial charge in [-0.1, -0.05) is 0 Å². The molecule has 0 bridgehead atoms. The van der Waals surface area contributed by atoms with E-state index in [1.165, 1.54) is 11.3 Å². The Bertz CT molecular complexity index is 286. The number of aromatic amines is 1. The molecule has 1 aliphatic heterocycles. The molecule has 0 saturated carbocycles. The lowest BCUT2D eigenvalue weighted by Crippen LogP contribution is -2.26. The number of nitrogens with zero attached hydrogens (tertiary/aromatic N) is 2. The Morgan fingerprint density at radius 2 is 2.50 bits per heavy atom. The van der Waals surface area contributed by atoms with Crippen LogP contribution in [0.1, 0.15) is 17.7 Å². The Labute approximate surface area is 90.3 Å². The second-order valence-corrected chi connectivity index (χ2v) is 3.80. The summed E-state index contributed by atoms with van der Waals surface area (Å²) in [4.78, 5) is 2.38. The molecule has 1 fully saturated rings. The molecule has 2 heterocycles. The van der Waals surface area contributed by atoms with Gasteiger partial charge in [0.2, 0.25) is 0 Å². The van der Waals surface area contributed by atoms with Crippen molar-refractivity contribution in [3.8, 4) is 0 Å². The van der Waals surface area contributed by atoms with Gasteiger partial charge in [0.15, 0.2) is 0 Å². The van der Waals surface area contributed by atoms with Crippen LogP contribution in [0.15, 0.2) is 6.20 Å². The SMILES string of the molecule is Cc1[nH]ncc1CN1CC[C@H](N)C1.Cl. The van der Waals surface area contributed by atoms with Crippen LogP contribution in [0.5, 0.6) is 0 Å². The Morgan fingerprint density at radius 1 is 1.71 bits per heavy atom. The molecule has 3 N–H and O–H groups in total. The molecule has 14 heavy (non-hydrogen) atoms. The quantitative estimate of drug-likeness (QED) is 0.764. The average molecular weight is 217 g/mol. The highest BCUT2D eigenvalue weighted by Crippen LogP contribution is 2.13. The summed E-state index contributed by atoms with van der Waals surface area (Å²) in [6.45, 7) is 5.17. The predicted octanol–water partition coefficient (Wildman–Crippen LogP) is 0.673. The molecule has 1 aliphatic rings. The Balaban J connectivity index is 0.000000980. The molecule has 0 spiro atoms. The zero-order valence-corrected chi connectivity index (χ0v) is 9.18. The molecule has 80 valence electrons. The number of aryl methyl sites for hydroxylation is 1. The minimum atomic E-state index is 0. The number of halogens is 1. The average Bonchev–Trinajstić information content (AvgIpc) is 2.64. The van der Waals surface area contributed by atoms with Gasteiger partial charge in [0.25, 0.3) is 0 Å². The molecule has 2 rings (SSSR count). The van der Waals surface area contributed by atoms with Crippen LogP contribution in [0, 0.1) is 6.92 Å². The van der Waals surface area contributed by atoms with Crippen LogP contribution in [-0.2, 0) is 6.54 Å². The van der Waals surface area contributed by atoms with Crippen LogP contribution in [0.25, 0.3) is 0 Å². The zero-order chi connectivity index (χ0) is 9.26. The lowest BCUT2D eigenvalue weighted by Gasteiger charge is -2.13. The molecule has 0 unspecified atom stereocenters. The van der Waals surface area contributed by atoms with Crippen molar-refractivity contribution in [3.05, 3.63) is 17.5 Å². The number of rotatable bonds is 2. The maximum Gasteiger partial charge on any atom is 0.0535 e. The molecule has 5 heteroatoms. The first-order chi connectivity index (χ1) is 6.25. The van der Waals surface area contributed by atoms with Crippen molar-refractivity contribution in [1.82, 2.24) is 15.1 Å². The number of hydrogen-bond donors (Lipinski definition) is 2. The van der Waals surface area contributed by atoms with Gasteiger partial charge in [-0.2, -0.15) is 5.10 Å². The first-order valence-electron chi connectivity index (χ1n) is 4.72. The molecule has 0 aliphatic carbocycles. The zero-order valence-electron chi connectivity index (χ0n) is 8.36. The molecule has 1 aromatic heterocycles. The van der Waals surface area contributed by atoms with Crippen molar-refractivity contribution in [3.63, 3.8) is 0 Å². The van der Waals surface area contributed by atoms with E-state index in [-0.39, 0.29) is 12.4 Å². The summed E-state index contributed by atoms with van der Waals surface area (Å²) < 4.78 is 0. The van der Waals surface area contributed by atoms with Gasteiger partial charge in [-0.25, -0.2) is 0 Å². The number of nitrogens with two attached hydrogens (primary N) is 1. The topological polar surface area (TPSA) is 57.9 Å². The highest BCUT2D eigenvalue weighted by atomic mass is 35.5. The maximum atomic E-state index is 5.83.